The predicted octanol–water partition coefficient (Wildman–Crippen LogP) is 2.28. The third kappa shape index (κ3) is 1.75. The molecule has 0 amide bonds. The summed E-state index contributed by atoms with van der Waals surface area (Å²) in [4.78, 5) is 1.20. The summed E-state index contributed by atoms with van der Waals surface area (Å²) >= 11 is 8.53. The molecule has 0 spiro atoms. The Morgan fingerprint density at radius 2 is 2.38 bits per heavy atom. The molecule has 0 aromatic heterocycles. The molecule has 1 rings (SSSR count). The van der Waals surface area contributed by atoms with Gasteiger partial charge < -0.3 is 0 Å². The van der Waals surface area contributed by atoms with Gasteiger partial charge in [-0.05, 0) is 24.2 Å². The highest BCUT2D eigenvalue weighted by atomic mass is 32.1. The Kier molecular flexibility index (Phi) is 2.32. The molecule has 0 aromatic carbocycles. The normalized spacial score (nSPS) is 29.8. The molecule has 0 saturated carbocycles. The SMILES string of the molecule is SC1=CC(S)CCC1. The summed E-state index contributed by atoms with van der Waals surface area (Å²) in [6.45, 7) is 0. The molecule has 8 heavy (non-hydrogen) atoms. The third-order valence-electron chi connectivity index (χ3n) is 1.32. The summed E-state index contributed by atoms with van der Waals surface area (Å²) in [5.74, 6) is 0. The van der Waals surface area contributed by atoms with E-state index in [-0.39, 0.29) is 0 Å². The zero-order chi connectivity index (χ0) is 5.98. The molecule has 0 N–H and O–H groups in total. The second kappa shape index (κ2) is 2.83. The van der Waals surface area contributed by atoms with Gasteiger partial charge in [-0.25, -0.2) is 0 Å². The number of hydrogen-bond acceptors (Lipinski definition) is 2. The smallest absolute Gasteiger partial charge is 0.0207 e. The molecule has 0 bridgehead atoms. The second-order valence-electron chi connectivity index (χ2n) is 2.12. The lowest BCUT2D eigenvalue weighted by molar-refractivity contribution is 0.737. The van der Waals surface area contributed by atoms with Crippen LogP contribution in [-0.2, 0) is 0 Å². The summed E-state index contributed by atoms with van der Waals surface area (Å²) in [5, 5.41) is 0.469. The van der Waals surface area contributed by atoms with Crippen molar-refractivity contribution in [3.63, 3.8) is 0 Å². The maximum absolute atomic E-state index is 4.30. The van der Waals surface area contributed by atoms with E-state index >= 15 is 0 Å². The summed E-state index contributed by atoms with van der Waals surface area (Å²) in [6, 6.07) is 0. The monoisotopic (exact) mass is 146 g/mol. The van der Waals surface area contributed by atoms with Crippen molar-refractivity contribution in [2.75, 3.05) is 0 Å². The standard InChI is InChI=1S/C6H10S2/c7-5-2-1-3-6(8)4-5/h4-5,7-8H,1-3H2. The zero-order valence-corrected chi connectivity index (χ0v) is 6.46. The van der Waals surface area contributed by atoms with Crippen LogP contribution in [0.2, 0.25) is 0 Å². The number of allylic oxidation sites excluding steroid dienone is 1. The molecule has 1 unspecified atom stereocenters. The van der Waals surface area contributed by atoms with Gasteiger partial charge in [0, 0.05) is 5.25 Å². The van der Waals surface area contributed by atoms with E-state index in [1.54, 1.807) is 0 Å². The summed E-state index contributed by atoms with van der Waals surface area (Å²) in [6.07, 6.45) is 5.74. The molecule has 0 nitrogen and oxygen atoms in total. The van der Waals surface area contributed by atoms with Crippen LogP contribution in [0.25, 0.3) is 0 Å². The Hall–Kier alpha value is 0.440. The lowest BCUT2D eigenvalue weighted by Crippen LogP contribution is -1.99. The molecule has 1 atom stereocenters. The van der Waals surface area contributed by atoms with Gasteiger partial charge in [-0.15, -0.1) is 12.6 Å². The minimum Gasteiger partial charge on any atom is -0.172 e. The quantitative estimate of drug-likeness (QED) is 0.481. The van der Waals surface area contributed by atoms with Gasteiger partial charge in [0.2, 0.25) is 0 Å². The fraction of sp³-hybridized carbons (Fsp3) is 0.667. The fourth-order valence-electron chi connectivity index (χ4n) is 0.881. The Morgan fingerprint density at radius 3 is 2.75 bits per heavy atom. The highest BCUT2D eigenvalue weighted by molar-refractivity contribution is 7.84. The van der Waals surface area contributed by atoms with Crippen LogP contribution < -0.4 is 0 Å². The molecule has 1 aliphatic rings. The molecule has 0 saturated heterocycles. The van der Waals surface area contributed by atoms with E-state index in [0.717, 1.165) is 6.42 Å². The van der Waals surface area contributed by atoms with Crippen LogP contribution in [0.4, 0.5) is 0 Å². The molecule has 46 valence electrons. The van der Waals surface area contributed by atoms with Crippen molar-refractivity contribution < 1.29 is 0 Å². The van der Waals surface area contributed by atoms with Crippen LogP contribution in [0.1, 0.15) is 19.3 Å². The maximum Gasteiger partial charge on any atom is 0.0207 e. The molecule has 0 aliphatic heterocycles. The summed E-state index contributed by atoms with van der Waals surface area (Å²) < 4.78 is 0. The first kappa shape index (κ1) is 6.56. The van der Waals surface area contributed by atoms with Gasteiger partial charge in [-0.3, -0.25) is 0 Å². The lowest BCUT2D eigenvalue weighted by Gasteiger charge is -2.12. The molecule has 0 aromatic rings. The van der Waals surface area contributed by atoms with E-state index in [1.165, 1.54) is 17.7 Å². The van der Waals surface area contributed by atoms with E-state index in [9.17, 15) is 0 Å². The van der Waals surface area contributed by atoms with Crippen molar-refractivity contribution in [1.29, 1.82) is 0 Å². The molecule has 0 fully saturated rings. The Morgan fingerprint density at radius 1 is 1.62 bits per heavy atom. The van der Waals surface area contributed by atoms with Crippen LogP contribution >= 0.6 is 25.3 Å². The van der Waals surface area contributed by atoms with E-state index in [0.29, 0.717) is 5.25 Å². The molecular formula is C6H10S2. The summed E-state index contributed by atoms with van der Waals surface area (Å²) in [5.41, 5.74) is 0. The van der Waals surface area contributed by atoms with Crippen LogP contribution in [0.3, 0.4) is 0 Å². The predicted molar refractivity (Wildman–Crippen MR) is 43.7 cm³/mol. The highest BCUT2D eigenvalue weighted by Gasteiger charge is 2.05. The van der Waals surface area contributed by atoms with E-state index in [1.807, 2.05) is 0 Å². The minimum absolute atomic E-state index is 0.469. The van der Waals surface area contributed by atoms with Crippen LogP contribution in [-0.4, -0.2) is 5.25 Å². The van der Waals surface area contributed by atoms with Crippen molar-refractivity contribution in [3.05, 3.63) is 11.0 Å². The second-order valence-corrected chi connectivity index (χ2v) is 3.36. The van der Waals surface area contributed by atoms with Gasteiger partial charge in [0.25, 0.3) is 0 Å². The molecule has 1 aliphatic carbocycles. The zero-order valence-electron chi connectivity index (χ0n) is 4.67. The Balaban J connectivity index is 2.50. The lowest BCUT2D eigenvalue weighted by atomic mass is 10.1. The molecule has 2 heteroatoms. The minimum atomic E-state index is 0.469. The Bertz CT molecular complexity index is 107. The third-order valence-corrected chi connectivity index (χ3v) is 2.10. The Labute approximate surface area is 61.2 Å². The number of thiol groups is 2. The van der Waals surface area contributed by atoms with Gasteiger partial charge >= 0.3 is 0 Å². The van der Waals surface area contributed by atoms with Crippen molar-refractivity contribution in [3.8, 4) is 0 Å². The summed E-state index contributed by atoms with van der Waals surface area (Å²) in [7, 11) is 0. The van der Waals surface area contributed by atoms with Gasteiger partial charge in [-0.2, -0.15) is 12.6 Å². The van der Waals surface area contributed by atoms with Crippen molar-refractivity contribution in [2.45, 2.75) is 24.5 Å². The van der Waals surface area contributed by atoms with Crippen LogP contribution in [0, 0.1) is 0 Å². The van der Waals surface area contributed by atoms with E-state index < -0.39 is 0 Å². The fourth-order valence-corrected chi connectivity index (χ4v) is 1.70. The van der Waals surface area contributed by atoms with Crippen LogP contribution in [0.15, 0.2) is 11.0 Å². The van der Waals surface area contributed by atoms with E-state index in [2.05, 4.69) is 31.3 Å². The van der Waals surface area contributed by atoms with Gasteiger partial charge in [0.15, 0.2) is 0 Å². The number of rotatable bonds is 0. The van der Waals surface area contributed by atoms with Crippen molar-refractivity contribution in [2.24, 2.45) is 0 Å². The average molecular weight is 146 g/mol. The van der Waals surface area contributed by atoms with Crippen LogP contribution in [0.5, 0.6) is 0 Å². The van der Waals surface area contributed by atoms with Crippen molar-refractivity contribution in [1.82, 2.24) is 0 Å². The van der Waals surface area contributed by atoms with Gasteiger partial charge in [0.05, 0.1) is 0 Å². The molecule has 0 radical (unpaired) electrons. The highest BCUT2D eigenvalue weighted by Crippen LogP contribution is 2.22. The van der Waals surface area contributed by atoms with Crippen molar-refractivity contribution >= 4 is 25.3 Å². The number of hydrogen-bond donors (Lipinski definition) is 2. The molecule has 0 heterocycles. The van der Waals surface area contributed by atoms with E-state index in [4.69, 9.17) is 0 Å². The first-order chi connectivity index (χ1) is 3.79. The first-order valence-electron chi connectivity index (χ1n) is 2.87. The maximum atomic E-state index is 4.30. The largest absolute Gasteiger partial charge is 0.172 e. The average Bonchev–Trinajstić information content (AvgIpc) is 1.64. The topological polar surface area (TPSA) is 0 Å². The first-order valence-corrected chi connectivity index (χ1v) is 3.83. The molecular weight excluding hydrogens is 136 g/mol. The van der Waals surface area contributed by atoms with Gasteiger partial charge in [0.1, 0.15) is 0 Å². The van der Waals surface area contributed by atoms with Gasteiger partial charge in [-0.1, -0.05) is 6.08 Å².